The number of ether oxygens (including phenoxy) is 1. The Morgan fingerprint density at radius 3 is 2.82 bits per heavy atom. The molecule has 1 heterocycles. The van der Waals surface area contributed by atoms with Gasteiger partial charge in [-0.05, 0) is 39.0 Å². The van der Waals surface area contributed by atoms with E-state index in [1.54, 1.807) is 5.57 Å². The maximum Gasteiger partial charge on any atom is 0.0919 e. The Balaban J connectivity index is 1.98. The van der Waals surface area contributed by atoms with E-state index in [1.807, 2.05) is 0 Å². The second kappa shape index (κ2) is 2.34. The third-order valence-corrected chi connectivity index (χ3v) is 3.10. The SMILES string of the molecule is CC1=CC[C@H](C2(C)CO2)CC1. The van der Waals surface area contributed by atoms with Gasteiger partial charge in [-0.3, -0.25) is 0 Å². The standard InChI is InChI=1S/C10H16O/c1-8-3-5-9(6-4-8)10(2)7-11-10/h3,9H,4-7H2,1-2H3/t9-,10?/m0/s1. The van der Waals surface area contributed by atoms with E-state index >= 15 is 0 Å². The van der Waals surface area contributed by atoms with Crippen LogP contribution in [0.4, 0.5) is 0 Å². The minimum Gasteiger partial charge on any atom is -0.370 e. The number of hydrogen-bond acceptors (Lipinski definition) is 1. The smallest absolute Gasteiger partial charge is 0.0919 e. The lowest BCUT2D eigenvalue weighted by Crippen LogP contribution is -2.22. The maximum absolute atomic E-state index is 5.44. The Morgan fingerprint density at radius 1 is 1.64 bits per heavy atom. The molecule has 1 aliphatic heterocycles. The highest BCUT2D eigenvalue weighted by Crippen LogP contribution is 2.42. The van der Waals surface area contributed by atoms with Gasteiger partial charge >= 0.3 is 0 Å². The second-order valence-corrected chi connectivity index (χ2v) is 4.12. The zero-order valence-corrected chi connectivity index (χ0v) is 7.39. The molecule has 11 heavy (non-hydrogen) atoms. The van der Waals surface area contributed by atoms with Gasteiger partial charge in [0.15, 0.2) is 0 Å². The van der Waals surface area contributed by atoms with Gasteiger partial charge in [0, 0.05) is 0 Å². The maximum atomic E-state index is 5.44. The quantitative estimate of drug-likeness (QED) is 0.415. The molecule has 0 spiro atoms. The van der Waals surface area contributed by atoms with E-state index in [0.29, 0.717) is 0 Å². The summed E-state index contributed by atoms with van der Waals surface area (Å²) in [6.07, 6.45) is 6.23. The molecular weight excluding hydrogens is 136 g/mol. The molecule has 0 aromatic carbocycles. The van der Waals surface area contributed by atoms with E-state index in [9.17, 15) is 0 Å². The van der Waals surface area contributed by atoms with Crippen molar-refractivity contribution >= 4 is 0 Å². The summed E-state index contributed by atoms with van der Waals surface area (Å²) in [4.78, 5) is 0. The minimum atomic E-state index is 0.261. The first-order chi connectivity index (χ1) is 5.21. The van der Waals surface area contributed by atoms with Crippen LogP contribution < -0.4 is 0 Å². The van der Waals surface area contributed by atoms with Crippen LogP contribution in [0, 0.1) is 5.92 Å². The summed E-state index contributed by atoms with van der Waals surface area (Å²) in [6.45, 7) is 5.46. The van der Waals surface area contributed by atoms with Crippen LogP contribution >= 0.6 is 0 Å². The second-order valence-electron chi connectivity index (χ2n) is 4.12. The highest BCUT2D eigenvalue weighted by atomic mass is 16.6. The molecule has 1 unspecified atom stereocenters. The first-order valence-electron chi connectivity index (χ1n) is 4.50. The van der Waals surface area contributed by atoms with Crippen LogP contribution in [0.5, 0.6) is 0 Å². The first kappa shape index (κ1) is 7.35. The molecule has 0 N–H and O–H groups in total. The van der Waals surface area contributed by atoms with Gasteiger partial charge < -0.3 is 4.74 Å². The summed E-state index contributed by atoms with van der Waals surface area (Å²) in [5.41, 5.74) is 1.82. The average molecular weight is 152 g/mol. The molecule has 1 heteroatoms. The molecule has 0 amide bonds. The molecule has 0 saturated carbocycles. The van der Waals surface area contributed by atoms with E-state index in [2.05, 4.69) is 19.9 Å². The molecule has 0 bridgehead atoms. The molecule has 1 nitrogen and oxygen atoms in total. The number of allylic oxidation sites excluding steroid dienone is 2. The van der Waals surface area contributed by atoms with Gasteiger partial charge in [-0.2, -0.15) is 0 Å². The topological polar surface area (TPSA) is 12.5 Å². The average Bonchev–Trinajstić information content (AvgIpc) is 2.70. The summed E-state index contributed by atoms with van der Waals surface area (Å²) >= 11 is 0. The summed E-state index contributed by atoms with van der Waals surface area (Å²) < 4.78 is 5.44. The third kappa shape index (κ3) is 1.34. The van der Waals surface area contributed by atoms with Crippen molar-refractivity contribution in [3.05, 3.63) is 11.6 Å². The van der Waals surface area contributed by atoms with Gasteiger partial charge in [-0.1, -0.05) is 11.6 Å². The van der Waals surface area contributed by atoms with E-state index < -0.39 is 0 Å². The van der Waals surface area contributed by atoms with Crippen LogP contribution in [0.2, 0.25) is 0 Å². The van der Waals surface area contributed by atoms with Crippen molar-refractivity contribution in [2.24, 2.45) is 5.92 Å². The Bertz CT molecular complexity index is 189. The molecule has 0 radical (unpaired) electrons. The van der Waals surface area contributed by atoms with Crippen LogP contribution in [0.25, 0.3) is 0 Å². The van der Waals surface area contributed by atoms with Crippen molar-refractivity contribution < 1.29 is 4.74 Å². The fourth-order valence-corrected chi connectivity index (χ4v) is 1.87. The number of epoxide rings is 1. The van der Waals surface area contributed by atoms with Crippen molar-refractivity contribution in [1.82, 2.24) is 0 Å². The Hall–Kier alpha value is -0.300. The van der Waals surface area contributed by atoms with Crippen molar-refractivity contribution in [3.63, 3.8) is 0 Å². The van der Waals surface area contributed by atoms with Crippen molar-refractivity contribution in [3.8, 4) is 0 Å². The van der Waals surface area contributed by atoms with E-state index in [1.165, 1.54) is 19.3 Å². The molecule has 62 valence electrons. The lowest BCUT2D eigenvalue weighted by Gasteiger charge is -2.23. The fraction of sp³-hybridized carbons (Fsp3) is 0.800. The molecule has 2 rings (SSSR count). The monoisotopic (exact) mass is 152 g/mol. The highest BCUT2D eigenvalue weighted by molar-refractivity contribution is 5.08. The van der Waals surface area contributed by atoms with Crippen molar-refractivity contribution in [1.29, 1.82) is 0 Å². The largest absolute Gasteiger partial charge is 0.370 e. The molecule has 2 aliphatic rings. The van der Waals surface area contributed by atoms with Crippen LogP contribution in [0.15, 0.2) is 11.6 Å². The third-order valence-electron chi connectivity index (χ3n) is 3.10. The van der Waals surface area contributed by atoms with Gasteiger partial charge in [0.05, 0.1) is 12.2 Å². The Labute approximate surface area is 68.4 Å². The normalized spacial score (nSPS) is 43.5. The van der Waals surface area contributed by atoms with Gasteiger partial charge in [0.1, 0.15) is 0 Å². The number of hydrogen-bond donors (Lipinski definition) is 0. The molecule has 1 fully saturated rings. The molecule has 1 saturated heterocycles. The van der Waals surface area contributed by atoms with Crippen LogP contribution in [-0.4, -0.2) is 12.2 Å². The predicted octanol–water partition coefficient (Wildman–Crippen LogP) is 2.52. The Morgan fingerprint density at radius 2 is 2.36 bits per heavy atom. The fourth-order valence-electron chi connectivity index (χ4n) is 1.87. The predicted molar refractivity (Wildman–Crippen MR) is 45.5 cm³/mol. The van der Waals surface area contributed by atoms with E-state index in [-0.39, 0.29) is 5.60 Å². The summed E-state index contributed by atoms with van der Waals surface area (Å²) in [5.74, 6) is 0.797. The molecule has 2 atom stereocenters. The van der Waals surface area contributed by atoms with Crippen molar-refractivity contribution in [2.45, 2.75) is 38.7 Å². The highest BCUT2D eigenvalue weighted by Gasteiger charge is 2.46. The van der Waals surface area contributed by atoms with Gasteiger partial charge in [-0.25, -0.2) is 0 Å². The lowest BCUT2D eigenvalue weighted by atomic mass is 9.82. The van der Waals surface area contributed by atoms with E-state index in [4.69, 9.17) is 4.74 Å². The summed E-state index contributed by atoms with van der Waals surface area (Å²) in [5, 5.41) is 0. The van der Waals surface area contributed by atoms with Crippen LogP contribution in [0.1, 0.15) is 33.1 Å². The first-order valence-corrected chi connectivity index (χ1v) is 4.50. The minimum absolute atomic E-state index is 0.261. The van der Waals surface area contributed by atoms with Gasteiger partial charge in [0.2, 0.25) is 0 Å². The summed E-state index contributed by atoms with van der Waals surface area (Å²) in [7, 11) is 0. The Kier molecular flexibility index (Phi) is 1.57. The summed E-state index contributed by atoms with van der Waals surface area (Å²) in [6, 6.07) is 0. The molecule has 0 aromatic rings. The number of rotatable bonds is 1. The van der Waals surface area contributed by atoms with Gasteiger partial charge in [0.25, 0.3) is 0 Å². The zero-order chi connectivity index (χ0) is 7.90. The van der Waals surface area contributed by atoms with Crippen LogP contribution in [-0.2, 0) is 4.74 Å². The lowest BCUT2D eigenvalue weighted by molar-refractivity contribution is 0.221. The molecular formula is C10H16O. The van der Waals surface area contributed by atoms with Gasteiger partial charge in [-0.15, -0.1) is 0 Å². The molecule has 1 aliphatic carbocycles. The van der Waals surface area contributed by atoms with Crippen molar-refractivity contribution in [2.75, 3.05) is 6.61 Å². The molecule has 0 aromatic heterocycles. The van der Waals surface area contributed by atoms with E-state index in [0.717, 1.165) is 12.5 Å². The van der Waals surface area contributed by atoms with Crippen LogP contribution in [0.3, 0.4) is 0 Å². The zero-order valence-electron chi connectivity index (χ0n) is 7.39.